The minimum Gasteiger partial charge on any atom is -0.385 e. The Balaban J connectivity index is 1.42. The molecule has 1 aliphatic rings. The van der Waals surface area contributed by atoms with Crippen molar-refractivity contribution in [2.24, 2.45) is 5.16 Å². The number of benzene rings is 1. The first-order valence-electron chi connectivity index (χ1n) is 11.9. The van der Waals surface area contributed by atoms with E-state index in [1.165, 1.54) is 12.3 Å². The number of nitrogens with zero attached hydrogens (tertiary/aromatic N) is 4. The molecule has 4 heterocycles. The average Bonchev–Trinajstić information content (AvgIpc) is 3.44. The van der Waals surface area contributed by atoms with Gasteiger partial charge in [-0.25, -0.2) is 0 Å². The molecule has 0 bridgehead atoms. The third kappa shape index (κ3) is 6.06. The minimum atomic E-state index is -4.49. The lowest BCUT2D eigenvalue weighted by Crippen LogP contribution is -2.27. The van der Waals surface area contributed by atoms with Gasteiger partial charge in [-0.2, -0.15) is 13.2 Å². The van der Waals surface area contributed by atoms with Crippen molar-refractivity contribution in [2.45, 2.75) is 31.7 Å². The third-order valence-electron chi connectivity index (χ3n) is 6.14. The molecule has 4 aromatic rings. The Bertz CT molecular complexity index is 1510. The molecule has 11 heteroatoms. The van der Waals surface area contributed by atoms with Gasteiger partial charge in [-0.1, -0.05) is 22.8 Å². The van der Waals surface area contributed by atoms with Gasteiger partial charge in [0.25, 0.3) is 5.91 Å². The highest BCUT2D eigenvalue weighted by atomic mass is 35.5. The Morgan fingerprint density at radius 2 is 1.85 bits per heavy atom. The molecule has 0 fully saturated rings. The topological polar surface area (TPSA) is 89.4 Å². The second-order valence-corrected chi connectivity index (χ2v) is 9.35. The summed E-state index contributed by atoms with van der Waals surface area (Å²) in [4.78, 5) is 31.5. The fraction of sp³-hybridized carbons (Fsp3) is 0.179. The minimum absolute atomic E-state index is 0.291. The van der Waals surface area contributed by atoms with Crippen LogP contribution in [0.2, 0.25) is 5.02 Å². The molecule has 0 saturated carbocycles. The second-order valence-electron chi connectivity index (χ2n) is 8.92. The van der Waals surface area contributed by atoms with Crippen molar-refractivity contribution in [2.75, 3.05) is 0 Å². The van der Waals surface area contributed by atoms with Crippen molar-refractivity contribution in [3.8, 4) is 11.3 Å². The Morgan fingerprint density at radius 3 is 2.51 bits per heavy atom. The van der Waals surface area contributed by atoms with E-state index in [4.69, 9.17) is 16.4 Å². The molecule has 0 radical (unpaired) electrons. The van der Waals surface area contributed by atoms with Crippen molar-refractivity contribution in [1.82, 2.24) is 20.3 Å². The molecular weight excluding hydrogens is 531 g/mol. The number of hydrogen-bond acceptors (Lipinski definition) is 6. The summed E-state index contributed by atoms with van der Waals surface area (Å²) in [6.07, 6.45) is -0.470. The van der Waals surface area contributed by atoms with E-state index in [1.54, 1.807) is 37.4 Å². The molecule has 2 atom stereocenters. The van der Waals surface area contributed by atoms with Gasteiger partial charge in [0.15, 0.2) is 6.10 Å². The normalized spacial score (nSPS) is 15.8. The van der Waals surface area contributed by atoms with Crippen LogP contribution in [-0.4, -0.2) is 26.6 Å². The van der Waals surface area contributed by atoms with Crippen LogP contribution in [0.25, 0.3) is 11.3 Å². The van der Waals surface area contributed by atoms with Crippen LogP contribution in [0.15, 0.2) is 84.4 Å². The molecule has 1 aromatic carbocycles. The van der Waals surface area contributed by atoms with Crippen LogP contribution in [0.1, 0.15) is 58.4 Å². The van der Waals surface area contributed by atoms with Gasteiger partial charge in [-0.15, -0.1) is 0 Å². The molecular formula is C28H21ClF3N5O2. The van der Waals surface area contributed by atoms with E-state index < -0.39 is 23.7 Å². The molecule has 1 amide bonds. The van der Waals surface area contributed by atoms with E-state index in [9.17, 15) is 18.0 Å². The summed E-state index contributed by atoms with van der Waals surface area (Å²) < 4.78 is 38.7. The molecule has 0 spiro atoms. The van der Waals surface area contributed by atoms with Gasteiger partial charge in [0, 0.05) is 41.7 Å². The summed E-state index contributed by atoms with van der Waals surface area (Å²) in [5, 5.41) is 7.53. The first-order chi connectivity index (χ1) is 18.7. The first-order valence-corrected chi connectivity index (χ1v) is 12.3. The summed E-state index contributed by atoms with van der Waals surface area (Å²) in [6, 6.07) is 15.7. The standard InChI is InChI=1S/C28H21ClF3N5O2/c1-16(22-7-5-20(14-34-22)28(30,31)32)36-27(38)19-11-17(23-8-6-21(29)15-35-23)10-18(12-19)25-13-26(39-37-25)24-4-2-3-9-33-24/h2-12,14-16,26H,13H2,1H3,(H,36,38)/t16-,26+/m1/s1. The number of alkyl halides is 3. The van der Waals surface area contributed by atoms with Crippen LogP contribution in [0, 0.1) is 0 Å². The van der Waals surface area contributed by atoms with Gasteiger partial charge < -0.3 is 10.2 Å². The monoisotopic (exact) mass is 551 g/mol. The maximum Gasteiger partial charge on any atom is 0.417 e. The number of rotatable bonds is 6. The first kappa shape index (κ1) is 26.3. The molecule has 3 aromatic heterocycles. The zero-order valence-corrected chi connectivity index (χ0v) is 21.2. The highest BCUT2D eigenvalue weighted by Gasteiger charge is 2.31. The van der Waals surface area contributed by atoms with Gasteiger partial charge in [0.1, 0.15) is 0 Å². The van der Waals surface area contributed by atoms with Crippen LogP contribution in [0.4, 0.5) is 13.2 Å². The number of pyridine rings is 3. The quantitative estimate of drug-likeness (QED) is 0.293. The molecule has 1 aliphatic heterocycles. The lowest BCUT2D eigenvalue weighted by molar-refractivity contribution is -0.137. The van der Waals surface area contributed by atoms with E-state index >= 15 is 0 Å². The van der Waals surface area contributed by atoms with E-state index in [0.717, 1.165) is 18.0 Å². The molecule has 7 nitrogen and oxygen atoms in total. The highest BCUT2D eigenvalue weighted by molar-refractivity contribution is 6.30. The van der Waals surface area contributed by atoms with Crippen LogP contribution >= 0.6 is 11.6 Å². The van der Waals surface area contributed by atoms with E-state index in [0.29, 0.717) is 45.2 Å². The highest BCUT2D eigenvalue weighted by Crippen LogP contribution is 2.31. The summed E-state index contributed by atoms with van der Waals surface area (Å²) in [5.41, 5.74) is 3.01. The number of nitrogens with one attached hydrogen (secondary N) is 1. The Labute approximate surface area is 226 Å². The summed E-state index contributed by atoms with van der Waals surface area (Å²) >= 11 is 6.00. The molecule has 5 rings (SSSR count). The number of oxime groups is 1. The Hall–Kier alpha value is -4.31. The number of amides is 1. The fourth-order valence-corrected chi connectivity index (χ4v) is 4.19. The van der Waals surface area contributed by atoms with Gasteiger partial charge in [-0.05, 0) is 61.5 Å². The molecule has 0 unspecified atom stereocenters. The number of halogens is 4. The average molecular weight is 552 g/mol. The van der Waals surface area contributed by atoms with Crippen molar-refractivity contribution in [3.05, 3.63) is 112 Å². The van der Waals surface area contributed by atoms with E-state index in [2.05, 4.69) is 25.4 Å². The molecule has 39 heavy (non-hydrogen) atoms. The largest absolute Gasteiger partial charge is 0.417 e. The van der Waals surface area contributed by atoms with Crippen molar-refractivity contribution < 1.29 is 22.8 Å². The second kappa shape index (κ2) is 10.8. The van der Waals surface area contributed by atoms with Crippen LogP contribution in [-0.2, 0) is 11.0 Å². The lowest BCUT2D eigenvalue weighted by Gasteiger charge is -2.16. The number of hydrogen-bond donors (Lipinski definition) is 1. The molecule has 1 N–H and O–H groups in total. The van der Waals surface area contributed by atoms with Crippen LogP contribution in [0.5, 0.6) is 0 Å². The maximum absolute atomic E-state index is 13.3. The van der Waals surface area contributed by atoms with Crippen molar-refractivity contribution in [1.29, 1.82) is 0 Å². The molecule has 0 aliphatic carbocycles. The lowest BCUT2D eigenvalue weighted by atomic mass is 9.96. The van der Waals surface area contributed by atoms with Gasteiger partial charge in [-0.3, -0.25) is 19.7 Å². The summed E-state index contributed by atoms with van der Waals surface area (Å²) in [6.45, 7) is 1.64. The summed E-state index contributed by atoms with van der Waals surface area (Å²) in [7, 11) is 0. The Morgan fingerprint density at radius 1 is 1.03 bits per heavy atom. The molecule has 198 valence electrons. The van der Waals surface area contributed by atoms with E-state index in [1.807, 2.05) is 24.3 Å². The summed E-state index contributed by atoms with van der Waals surface area (Å²) in [5.74, 6) is -0.443. The molecule has 0 saturated heterocycles. The zero-order chi connectivity index (χ0) is 27.6. The number of aromatic nitrogens is 3. The predicted molar refractivity (Wildman–Crippen MR) is 139 cm³/mol. The maximum atomic E-state index is 13.3. The van der Waals surface area contributed by atoms with Crippen molar-refractivity contribution in [3.63, 3.8) is 0 Å². The number of carbonyl (C=O) groups excluding carboxylic acids is 1. The van der Waals surface area contributed by atoms with Crippen LogP contribution < -0.4 is 5.32 Å². The van der Waals surface area contributed by atoms with Crippen LogP contribution in [0.3, 0.4) is 0 Å². The van der Waals surface area contributed by atoms with Gasteiger partial charge in [0.2, 0.25) is 0 Å². The number of carbonyl (C=O) groups is 1. The predicted octanol–water partition coefficient (Wildman–Crippen LogP) is 6.57. The smallest absolute Gasteiger partial charge is 0.385 e. The third-order valence-corrected chi connectivity index (χ3v) is 6.37. The fourth-order valence-electron chi connectivity index (χ4n) is 4.08. The van der Waals surface area contributed by atoms with Gasteiger partial charge >= 0.3 is 6.18 Å². The SMILES string of the molecule is C[C@@H](NC(=O)c1cc(C2=NO[C@H](c3ccccn3)C2)cc(-c2ccc(Cl)cn2)c1)c1ccc(C(F)(F)F)cn1. The van der Waals surface area contributed by atoms with Crippen molar-refractivity contribution >= 4 is 23.2 Å². The van der Waals surface area contributed by atoms with Gasteiger partial charge in [0.05, 0.1) is 39.4 Å². The van der Waals surface area contributed by atoms with E-state index in [-0.39, 0.29) is 6.10 Å². The zero-order valence-electron chi connectivity index (χ0n) is 20.5. The Kier molecular flexibility index (Phi) is 7.30.